The summed E-state index contributed by atoms with van der Waals surface area (Å²) in [5.41, 5.74) is 7.23. The van der Waals surface area contributed by atoms with E-state index in [4.69, 9.17) is 15.2 Å². The molecule has 17 heavy (non-hydrogen) atoms. The number of rotatable bonds is 3. The predicted molar refractivity (Wildman–Crippen MR) is 64.9 cm³/mol. The lowest BCUT2D eigenvalue weighted by Gasteiger charge is -2.17. The maximum Gasteiger partial charge on any atom is 0.171 e. The van der Waals surface area contributed by atoms with E-state index in [-0.39, 0.29) is 5.92 Å². The third kappa shape index (κ3) is 2.26. The van der Waals surface area contributed by atoms with E-state index in [1.165, 1.54) is 0 Å². The van der Waals surface area contributed by atoms with Gasteiger partial charge < -0.3 is 15.2 Å². The summed E-state index contributed by atoms with van der Waals surface area (Å²) >= 11 is 0. The van der Waals surface area contributed by atoms with Gasteiger partial charge in [-0.2, -0.15) is 0 Å². The zero-order valence-electron chi connectivity index (χ0n) is 9.94. The molecule has 0 saturated carbocycles. The maximum atomic E-state index is 11.0. The first-order valence-electron chi connectivity index (χ1n) is 5.85. The molecule has 1 unspecified atom stereocenters. The second kappa shape index (κ2) is 5.19. The molecule has 4 nitrogen and oxygen atoms in total. The molecule has 0 fully saturated rings. The van der Waals surface area contributed by atoms with Gasteiger partial charge in [0.2, 0.25) is 0 Å². The Morgan fingerprint density at radius 2 is 2.06 bits per heavy atom. The van der Waals surface area contributed by atoms with Crippen LogP contribution in [0.15, 0.2) is 12.1 Å². The van der Waals surface area contributed by atoms with Crippen LogP contribution in [-0.4, -0.2) is 26.0 Å². The van der Waals surface area contributed by atoms with Crippen LogP contribution in [0.5, 0.6) is 11.5 Å². The van der Waals surface area contributed by atoms with E-state index in [0.29, 0.717) is 36.8 Å². The van der Waals surface area contributed by atoms with Gasteiger partial charge in [0, 0.05) is 12.0 Å². The second-order valence-electron chi connectivity index (χ2n) is 4.21. The minimum absolute atomic E-state index is 0.186. The summed E-state index contributed by atoms with van der Waals surface area (Å²) in [4.78, 5) is 11.0. The molecule has 0 aromatic heterocycles. The molecular weight excluding hydrogens is 218 g/mol. The van der Waals surface area contributed by atoms with Crippen LogP contribution < -0.4 is 15.2 Å². The first-order valence-corrected chi connectivity index (χ1v) is 5.85. The molecule has 2 rings (SSSR count). The maximum absolute atomic E-state index is 11.0. The van der Waals surface area contributed by atoms with Gasteiger partial charge in [-0.3, -0.25) is 4.79 Å². The molecule has 1 aliphatic rings. The highest BCUT2D eigenvalue weighted by Crippen LogP contribution is 2.39. The Kier molecular flexibility index (Phi) is 3.64. The normalized spacial score (nSPS) is 16.1. The van der Waals surface area contributed by atoms with Crippen molar-refractivity contribution < 1.29 is 14.3 Å². The summed E-state index contributed by atoms with van der Waals surface area (Å²) in [6.45, 7) is 3.76. The first kappa shape index (κ1) is 11.9. The van der Waals surface area contributed by atoms with Gasteiger partial charge in [0.1, 0.15) is 0 Å². The molecule has 0 aliphatic carbocycles. The lowest BCUT2D eigenvalue weighted by Crippen LogP contribution is -2.11. The van der Waals surface area contributed by atoms with Gasteiger partial charge in [-0.25, -0.2) is 0 Å². The Balaban J connectivity index is 2.52. The summed E-state index contributed by atoms with van der Waals surface area (Å²) in [5, 5.41) is 0. The van der Waals surface area contributed by atoms with Crippen molar-refractivity contribution in [3.05, 3.63) is 23.3 Å². The minimum atomic E-state index is 0.186. The third-order valence-corrected chi connectivity index (χ3v) is 2.97. The minimum Gasteiger partial charge on any atom is -0.489 e. The molecule has 4 heteroatoms. The molecule has 92 valence electrons. The number of hydrogen-bond acceptors (Lipinski definition) is 4. The molecule has 0 saturated heterocycles. The first-order chi connectivity index (χ1) is 8.27. The van der Waals surface area contributed by atoms with Crippen LogP contribution in [0.2, 0.25) is 0 Å². The fourth-order valence-electron chi connectivity index (χ4n) is 1.91. The fourth-order valence-corrected chi connectivity index (χ4v) is 1.91. The molecule has 1 heterocycles. The molecule has 0 amide bonds. The van der Waals surface area contributed by atoms with Gasteiger partial charge >= 0.3 is 0 Å². The molecule has 1 aromatic carbocycles. The van der Waals surface area contributed by atoms with Crippen molar-refractivity contribution in [2.24, 2.45) is 5.73 Å². The lowest BCUT2D eigenvalue weighted by atomic mass is 9.98. The molecule has 1 atom stereocenters. The van der Waals surface area contributed by atoms with E-state index < -0.39 is 0 Å². The summed E-state index contributed by atoms with van der Waals surface area (Å²) in [7, 11) is 0. The quantitative estimate of drug-likeness (QED) is 0.810. The number of benzene rings is 1. The zero-order chi connectivity index (χ0) is 12.3. The van der Waals surface area contributed by atoms with Gasteiger partial charge in [-0.05, 0) is 18.5 Å². The highest BCUT2D eigenvalue weighted by atomic mass is 16.5. The Morgan fingerprint density at radius 1 is 1.35 bits per heavy atom. The van der Waals surface area contributed by atoms with Crippen molar-refractivity contribution in [2.45, 2.75) is 19.3 Å². The second-order valence-corrected chi connectivity index (χ2v) is 4.21. The van der Waals surface area contributed by atoms with E-state index in [1.807, 2.05) is 13.0 Å². The van der Waals surface area contributed by atoms with Gasteiger partial charge in [-0.15, -0.1) is 0 Å². The molecule has 0 radical (unpaired) electrons. The predicted octanol–water partition coefficient (Wildman–Crippen LogP) is 1.72. The number of aldehydes is 1. The average molecular weight is 235 g/mol. The summed E-state index contributed by atoms with van der Waals surface area (Å²) in [6, 6.07) is 3.66. The molecule has 0 spiro atoms. The van der Waals surface area contributed by atoms with Crippen LogP contribution in [0.3, 0.4) is 0 Å². The summed E-state index contributed by atoms with van der Waals surface area (Å²) in [6.07, 6.45) is 1.62. The van der Waals surface area contributed by atoms with Gasteiger partial charge in [0.15, 0.2) is 17.8 Å². The summed E-state index contributed by atoms with van der Waals surface area (Å²) < 4.78 is 11.3. The number of fused-ring (bicyclic) bond motifs is 1. The molecular formula is C13H17NO3. The van der Waals surface area contributed by atoms with Gasteiger partial charge in [0.25, 0.3) is 0 Å². The number of nitrogens with two attached hydrogens (primary N) is 1. The van der Waals surface area contributed by atoms with Crippen LogP contribution in [-0.2, 0) is 0 Å². The van der Waals surface area contributed by atoms with Crippen LogP contribution in [0.25, 0.3) is 0 Å². The van der Waals surface area contributed by atoms with E-state index in [0.717, 1.165) is 18.3 Å². The van der Waals surface area contributed by atoms with Gasteiger partial charge in [0.05, 0.1) is 18.8 Å². The average Bonchev–Trinajstić information content (AvgIpc) is 2.62. The van der Waals surface area contributed by atoms with Crippen molar-refractivity contribution in [1.29, 1.82) is 0 Å². The number of hydrogen-bond donors (Lipinski definition) is 1. The third-order valence-electron chi connectivity index (χ3n) is 2.97. The van der Waals surface area contributed by atoms with Crippen LogP contribution >= 0.6 is 0 Å². The topological polar surface area (TPSA) is 61.6 Å². The highest BCUT2D eigenvalue weighted by Gasteiger charge is 2.21. The van der Waals surface area contributed by atoms with Crippen LogP contribution in [0.1, 0.15) is 35.2 Å². The van der Waals surface area contributed by atoms with Gasteiger partial charge in [-0.1, -0.05) is 13.0 Å². The zero-order valence-corrected chi connectivity index (χ0v) is 9.94. The SMILES string of the molecule is CC(CN)c1ccc(C=O)c2c1OCCCO2. The number of carbonyl (C=O) groups excluding carboxylic acids is 1. The largest absolute Gasteiger partial charge is 0.489 e. The van der Waals surface area contributed by atoms with Crippen molar-refractivity contribution >= 4 is 6.29 Å². The molecule has 1 aromatic rings. The number of carbonyl (C=O) groups is 1. The van der Waals surface area contributed by atoms with Crippen molar-refractivity contribution in [3.63, 3.8) is 0 Å². The molecule has 2 N–H and O–H groups in total. The van der Waals surface area contributed by atoms with E-state index >= 15 is 0 Å². The van der Waals surface area contributed by atoms with Crippen LogP contribution in [0.4, 0.5) is 0 Å². The standard InChI is InChI=1S/C13H17NO3/c1-9(7-14)11-4-3-10(8-15)12-13(11)17-6-2-5-16-12/h3-4,8-9H,2,5-7,14H2,1H3. The Morgan fingerprint density at radius 3 is 2.71 bits per heavy atom. The van der Waals surface area contributed by atoms with Crippen LogP contribution in [0, 0.1) is 0 Å². The fraction of sp³-hybridized carbons (Fsp3) is 0.462. The lowest BCUT2D eigenvalue weighted by molar-refractivity contribution is 0.111. The molecule has 1 aliphatic heterocycles. The van der Waals surface area contributed by atoms with Crippen molar-refractivity contribution in [2.75, 3.05) is 19.8 Å². The Bertz CT molecular complexity index is 417. The van der Waals surface area contributed by atoms with Crippen molar-refractivity contribution in [1.82, 2.24) is 0 Å². The van der Waals surface area contributed by atoms with E-state index in [1.54, 1.807) is 6.07 Å². The smallest absolute Gasteiger partial charge is 0.171 e. The van der Waals surface area contributed by atoms with E-state index in [9.17, 15) is 4.79 Å². The summed E-state index contributed by atoms with van der Waals surface area (Å²) in [5.74, 6) is 1.44. The highest BCUT2D eigenvalue weighted by molar-refractivity contribution is 5.82. The number of ether oxygens (including phenoxy) is 2. The Hall–Kier alpha value is -1.55. The monoisotopic (exact) mass is 235 g/mol. The van der Waals surface area contributed by atoms with E-state index in [2.05, 4.69) is 0 Å². The Labute approximate surface area is 101 Å². The molecule has 0 bridgehead atoms. The van der Waals surface area contributed by atoms with Crippen molar-refractivity contribution in [3.8, 4) is 11.5 Å².